The van der Waals surface area contributed by atoms with Crippen LogP contribution in [0.4, 0.5) is 0 Å². The molecule has 14 nitrogen and oxygen atoms in total. The molecule has 0 spiro atoms. The summed E-state index contributed by atoms with van der Waals surface area (Å²) in [6, 6.07) is 13.7. The lowest BCUT2D eigenvalue weighted by Gasteiger charge is -2.23. The molecule has 35 heavy (non-hydrogen) atoms. The number of nitrogens with zero attached hydrogens (tertiary/aromatic N) is 4. The second-order valence-electron chi connectivity index (χ2n) is 6.59. The lowest BCUT2D eigenvalue weighted by molar-refractivity contribution is -0.848. The van der Waals surface area contributed by atoms with E-state index in [1.165, 1.54) is 62.4 Å². The van der Waals surface area contributed by atoms with E-state index in [1.807, 2.05) is 0 Å². The van der Waals surface area contributed by atoms with E-state index in [-0.39, 0.29) is 23.0 Å². The Bertz CT molecular complexity index is 1120. The molecule has 0 unspecified atom stereocenters. The van der Waals surface area contributed by atoms with Crippen LogP contribution in [0.2, 0.25) is 0 Å². The van der Waals surface area contributed by atoms with E-state index in [4.69, 9.17) is 8.37 Å². The second-order valence-corrected chi connectivity index (χ2v) is 9.82. The summed E-state index contributed by atoms with van der Waals surface area (Å²) in [7, 11) is -9.02. The molecule has 0 aliphatic carbocycles. The van der Waals surface area contributed by atoms with E-state index in [1.54, 1.807) is 12.1 Å². The molecule has 2 aromatic carbocycles. The Morgan fingerprint density at radius 2 is 1.06 bits per heavy atom. The Labute approximate surface area is 202 Å². The topological polar surface area (TPSA) is 182 Å². The van der Waals surface area contributed by atoms with Gasteiger partial charge < -0.3 is 20.1 Å². The fourth-order valence-corrected chi connectivity index (χ4v) is 4.30. The van der Waals surface area contributed by atoms with Crippen LogP contribution in [0, 0.1) is 10.4 Å². The average Bonchev–Trinajstić information content (AvgIpc) is 2.87. The van der Waals surface area contributed by atoms with Crippen molar-refractivity contribution in [2.24, 2.45) is 10.6 Å². The first-order chi connectivity index (χ1) is 16.6. The Balaban J connectivity index is 2.51. The summed E-state index contributed by atoms with van der Waals surface area (Å²) in [6.07, 6.45) is 0. The molecule has 192 valence electrons. The summed E-state index contributed by atoms with van der Waals surface area (Å²) in [4.78, 5) is 7.97. The van der Waals surface area contributed by atoms with E-state index >= 15 is 0 Å². The zero-order valence-corrected chi connectivity index (χ0v) is 20.4. The summed E-state index contributed by atoms with van der Waals surface area (Å²) in [5.74, 6) is 0. The van der Waals surface area contributed by atoms with Crippen molar-refractivity contribution in [2.75, 3.05) is 26.4 Å². The molecule has 0 atom stereocenters. The van der Waals surface area contributed by atoms with Gasteiger partial charge in [-0.1, -0.05) is 36.4 Å². The van der Waals surface area contributed by atoms with Crippen molar-refractivity contribution >= 4 is 20.2 Å². The number of hydrogen-bond acceptors (Lipinski definition) is 12. The van der Waals surface area contributed by atoms with Crippen LogP contribution in [0.3, 0.4) is 0 Å². The molecule has 0 aliphatic heterocycles. The van der Waals surface area contributed by atoms with Gasteiger partial charge in [-0.2, -0.15) is 16.8 Å². The molecule has 0 aliphatic rings. The quantitative estimate of drug-likeness (QED) is 0.115. The number of rotatable bonds is 14. The minimum atomic E-state index is -4.51. The normalized spacial score (nSPS) is 13.4. The maximum absolute atomic E-state index is 12.9. The molecule has 0 bridgehead atoms. The van der Waals surface area contributed by atoms with Crippen molar-refractivity contribution < 1.29 is 44.6 Å². The van der Waals surface area contributed by atoms with Crippen molar-refractivity contribution in [1.29, 1.82) is 0 Å². The summed E-state index contributed by atoms with van der Waals surface area (Å²) >= 11 is 0. The largest absolute Gasteiger partial charge is 0.592 e. The summed E-state index contributed by atoms with van der Waals surface area (Å²) in [6.45, 7) is 0.200. The Hall–Kier alpha value is -3.34. The van der Waals surface area contributed by atoms with Crippen LogP contribution in [0.1, 0.15) is 13.8 Å². The van der Waals surface area contributed by atoms with Crippen molar-refractivity contribution in [2.45, 2.75) is 29.3 Å². The molecule has 0 radical (unpaired) electrons. The number of hydroxylamine groups is 2. The highest BCUT2D eigenvalue weighted by Gasteiger charge is 2.57. The van der Waals surface area contributed by atoms with Gasteiger partial charge in [-0.15, -0.1) is 0 Å². The number of hydrogen-bond donors (Lipinski definition) is 0. The van der Waals surface area contributed by atoms with Gasteiger partial charge in [0.2, 0.25) is 23.8 Å². The highest BCUT2D eigenvalue weighted by Crippen LogP contribution is 2.22. The van der Waals surface area contributed by atoms with Gasteiger partial charge in [0.15, 0.2) is 0 Å². The van der Waals surface area contributed by atoms with E-state index < -0.39 is 48.8 Å². The first-order valence-corrected chi connectivity index (χ1v) is 12.9. The summed E-state index contributed by atoms with van der Waals surface area (Å²) in [5.41, 5.74) is -2.84. The zero-order chi connectivity index (χ0) is 26.0. The monoisotopic (exact) mass is 532 g/mol. The van der Waals surface area contributed by atoms with Crippen LogP contribution in [-0.2, 0) is 38.3 Å². The summed E-state index contributed by atoms with van der Waals surface area (Å²) in [5, 5.41) is 32.0. The predicted octanol–water partition coefficient (Wildman–Crippen LogP) is 2.32. The lowest BCUT2D eigenvalue weighted by atomic mass is 10.2. The molecule has 0 saturated heterocycles. The third-order valence-corrected chi connectivity index (χ3v) is 6.74. The van der Waals surface area contributed by atoms with Gasteiger partial charge in [0.25, 0.3) is 20.2 Å². The molecular weight excluding hydrogens is 508 g/mol. The molecule has 16 heteroatoms. The lowest BCUT2D eigenvalue weighted by Crippen LogP contribution is -2.55. The Kier molecular flexibility index (Phi) is 9.88. The molecular formula is C19H24N4O10S2. The highest BCUT2D eigenvalue weighted by atomic mass is 32.2. The van der Waals surface area contributed by atoms with Gasteiger partial charge in [-0.25, -0.2) is 0 Å². The average molecular weight is 533 g/mol. The van der Waals surface area contributed by atoms with Gasteiger partial charge in [-0.3, -0.25) is 8.37 Å². The van der Waals surface area contributed by atoms with Crippen molar-refractivity contribution in [3.8, 4) is 0 Å². The third kappa shape index (κ3) is 7.32. The van der Waals surface area contributed by atoms with E-state index in [0.29, 0.717) is 0 Å². The van der Waals surface area contributed by atoms with Gasteiger partial charge in [0.1, 0.15) is 13.2 Å². The van der Waals surface area contributed by atoms with Crippen LogP contribution >= 0.6 is 0 Å². The maximum Gasteiger partial charge on any atom is 0.472 e. The second kappa shape index (κ2) is 12.4. The molecule has 0 aromatic heterocycles. The Morgan fingerprint density at radius 3 is 1.37 bits per heavy atom. The minimum absolute atomic E-state index is 0.109. The highest BCUT2D eigenvalue weighted by molar-refractivity contribution is 7.87. The van der Waals surface area contributed by atoms with Crippen LogP contribution in [-0.4, -0.2) is 58.6 Å². The predicted molar refractivity (Wildman–Crippen MR) is 117 cm³/mol. The van der Waals surface area contributed by atoms with E-state index in [0.717, 1.165) is 0 Å². The minimum Gasteiger partial charge on any atom is -0.592 e. The summed E-state index contributed by atoms with van der Waals surface area (Å²) < 4.78 is 60.4. The van der Waals surface area contributed by atoms with Gasteiger partial charge in [0, 0.05) is 9.72 Å². The molecule has 0 saturated carbocycles. The number of benzene rings is 2. The molecule has 0 fully saturated rings. The SMILES string of the molecule is CCON=[N+]([O-])C(COS(=O)(=O)c1ccccc1)(COS(=O)(=O)c1ccccc1)[N+]([O-])=NOCC. The van der Waals surface area contributed by atoms with Gasteiger partial charge >= 0.3 is 5.66 Å². The van der Waals surface area contributed by atoms with Gasteiger partial charge in [0.05, 0.1) is 9.79 Å². The smallest absolute Gasteiger partial charge is 0.472 e. The Morgan fingerprint density at radius 1 is 0.714 bits per heavy atom. The molecule has 0 heterocycles. The van der Waals surface area contributed by atoms with Gasteiger partial charge in [-0.05, 0) is 38.1 Å². The first kappa shape index (κ1) is 27.9. The van der Waals surface area contributed by atoms with E-state index in [9.17, 15) is 27.3 Å². The van der Waals surface area contributed by atoms with Crippen LogP contribution < -0.4 is 0 Å². The zero-order valence-electron chi connectivity index (χ0n) is 18.8. The van der Waals surface area contributed by atoms with Crippen LogP contribution in [0.15, 0.2) is 81.0 Å². The molecule has 2 rings (SSSR count). The van der Waals surface area contributed by atoms with Crippen LogP contribution in [0.25, 0.3) is 0 Å². The first-order valence-electron chi connectivity index (χ1n) is 10.1. The molecule has 0 N–H and O–H groups in total. The van der Waals surface area contributed by atoms with Crippen LogP contribution in [0.5, 0.6) is 0 Å². The van der Waals surface area contributed by atoms with Crippen molar-refractivity contribution in [3.05, 3.63) is 71.1 Å². The van der Waals surface area contributed by atoms with Crippen molar-refractivity contribution in [1.82, 2.24) is 0 Å². The van der Waals surface area contributed by atoms with E-state index in [2.05, 4.69) is 20.2 Å². The standard InChI is InChI=1S/C19H24N4O10S2/c1-3-30-20-22(24)19(23(25)21-31-4-2,15-32-34(26,27)17-11-7-5-8-12-17)16-33-35(28,29)18-13-9-6-10-14-18/h5-14H,3-4,15-16H2,1-2H3. The fraction of sp³-hybridized carbons (Fsp3) is 0.368. The maximum atomic E-state index is 12.9. The van der Waals surface area contributed by atoms with Crippen molar-refractivity contribution in [3.63, 3.8) is 0 Å². The fourth-order valence-electron chi connectivity index (χ4n) is 2.36. The third-order valence-electron chi connectivity index (χ3n) is 4.19. The molecule has 0 amide bonds. The molecule has 2 aromatic rings.